The summed E-state index contributed by atoms with van der Waals surface area (Å²) in [7, 11) is 1.76. The second-order valence-electron chi connectivity index (χ2n) is 3.75. The number of nitrogens with zero attached hydrogens (tertiary/aromatic N) is 1. The summed E-state index contributed by atoms with van der Waals surface area (Å²) in [4.78, 5) is 16.2. The Morgan fingerprint density at radius 3 is 2.79 bits per heavy atom. The van der Waals surface area contributed by atoms with Crippen molar-refractivity contribution in [1.29, 1.82) is 0 Å². The molecule has 0 aliphatic carbocycles. The average Bonchev–Trinajstić information content (AvgIpc) is 2.41. The Kier molecular flexibility index (Phi) is 4.60. The minimum absolute atomic E-state index is 0.210. The number of benzene rings is 1. The van der Waals surface area contributed by atoms with Crippen LogP contribution in [0.2, 0.25) is 5.02 Å². The Labute approximate surface area is 129 Å². The number of pyridine rings is 1. The van der Waals surface area contributed by atoms with Gasteiger partial charge in [-0.3, -0.25) is 9.78 Å². The Morgan fingerprint density at radius 1 is 1.32 bits per heavy atom. The van der Waals surface area contributed by atoms with Gasteiger partial charge in [-0.15, -0.1) is 0 Å². The van der Waals surface area contributed by atoms with Gasteiger partial charge in [0.2, 0.25) is 0 Å². The minimum Gasteiger partial charge on any atom is -0.387 e. The van der Waals surface area contributed by atoms with Crippen molar-refractivity contribution in [2.75, 3.05) is 17.7 Å². The molecule has 19 heavy (non-hydrogen) atoms. The van der Waals surface area contributed by atoms with Gasteiger partial charge in [0.15, 0.2) is 0 Å². The zero-order valence-corrected chi connectivity index (χ0v) is 13.0. The fourth-order valence-corrected chi connectivity index (χ4v) is 2.58. The fourth-order valence-electron chi connectivity index (χ4n) is 1.57. The highest BCUT2D eigenvalue weighted by Crippen LogP contribution is 2.23. The molecule has 2 N–H and O–H groups in total. The summed E-state index contributed by atoms with van der Waals surface area (Å²) in [5.41, 5.74) is 1.95. The van der Waals surface area contributed by atoms with Crippen molar-refractivity contribution in [3.05, 3.63) is 50.8 Å². The Morgan fingerprint density at radius 2 is 2.11 bits per heavy atom. The fraction of sp³-hybridized carbons (Fsp3) is 0.0769. The molecule has 1 aromatic carbocycles. The quantitative estimate of drug-likeness (QED) is 0.791. The van der Waals surface area contributed by atoms with Crippen LogP contribution in [0, 0.1) is 3.57 Å². The van der Waals surface area contributed by atoms with Crippen LogP contribution >= 0.6 is 34.2 Å². The number of carbonyl (C=O) groups excluding carboxylic acids is 1. The molecule has 6 heteroatoms. The van der Waals surface area contributed by atoms with E-state index in [2.05, 4.69) is 38.2 Å². The number of nitrogens with one attached hydrogen (secondary N) is 2. The summed E-state index contributed by atoms with van der Waals surface area (Å²) in [5, 5.41) is 6.44. The molecule has 0 bridgehead atoms. The van der Waals surface area contributed by atoms with E-state index in [1.54, 1.807) is 37.5 Å². The zero-order valence-electron chi connectivity index (χ0n) is 10.1. The lowest BCUT2D eigenvalue weighted by molar-refractivity contribution is 0.102. The third-order valence-corrected chi connectivity index (χ3v) is 3.64. The number of hydrogen-bond donors (Lipinski definition) is 2. The first-order valence-electron chi connectivity index (χ1n) is 5.50. The molecule has 0 spiro atoms. The molecule has 0 fully saturated rings. The van der Waals surface area contributed by atoms with Gasteiger partial charge in [-0.05, 0) is 46.9 Å². The van der Waals surface area contributed by atoms with Crippen molar-refractivity contribution in [3.8, 4) is 0 Å². The Balaban J connectivity index is 2.26. The van der Waals surface area contributed by atoms with E-state index in [-0.39, 0.29) is 5.91 Å². The number of anilines is 2. The first-order valence-corrected chi connectivity index (χ1v) is 6.95. The van der Waals surface area contributed by atoms with Gasteiger partial charge < -0.3 is 10.6 Å². The molecule has 0 aliphatic rings. The molecule has 0 saturated carbocycles. The maximum absolute atomic E-state index is 12.2. The summed E-state index contributed by atoms with van der Waals surface area (Å²) < 4.78 is 0.883. The van der Waals surface area contributed by atoms with E-state index in [1.165, 1.54) is 6.20 Å². The lowest BCUT2D eigenvalue weighted by Crippen LogP contribution is -2.15. The monoisotopic (exact) mass is 387 g/mol. The molecule has 0 saturated heterocycles. The molecule has 0 aliphatic heterocycles. The lowest BCUT2D eigenvalue weighted by atomic mass is 10.2. The predicted molar refractivity (Wildman–Crippen MR) is 85.9 cm³/mol. The molecular weight excluding hydrogens is 377 g/mol. The lowest BCUT2D eigenvalue weighted by Gasteiger charge is -2.10. The van der Waals surface area contributed by atoms with Gasteiger partial charge in [-0.2, -0.15) is 0 Å². The molecule has 4 nitrogen and oxygen atoms in total. The number of carbonyl (C=O) groups is 1. The summed E-state index contributed by atoms with van der Waals surface area (Å²) in [6.45, 7) is 0. The topological polar surface area (TPSA) is 54.0 Å². The molecule has 0 radical (unpaired) electrons. The van der Waals surface area contributed by atoms with Crippen LogP contribution in [0.15, 0.2) is 36.7 Å². The second kappa shape index (κ2) is 6.21. The highest BCUT2D eigenvalue weighted by Gasteiger charge is 2.12. The normalized spacial score (nSPS) is 10.1. The van der Waals surface area contributed by atoms with Gasteiger partial charge in [0.25, 0.3) is 5.91 Å². The van der Waals surface area contributed by atoms with Crippen LogP contribution in [0.1, 0.15) is 10.4 Å². The third-order valence-electron chi connectivity index (χ3n) is 2.51. The van der Waals surface area contributed by atoms with Crippen LogP contribution in [0.4, 0.5) is 11.4 Å². The number of rotatable bonds is 3. The van der Waals surface area contributed by atoms with Crippen molar-refractivity contribution in [2.45, 2.75) is 0 Å². The molecule has 98 valence electrons. The largest absolute Gasteiger partial charge is 0.387 e. The van der Waals surface area contributed by atoms with Gasteiger partial charge in [-0.25, -0.2) is 0 Å². The number of hydrogen-bond acceptors (Lipinski definition) is 3. The van der Waals surface area contributed by atoms with E-state index in [0.29, 0.717) is 10.6 Å². The molecular formula is C13H11ClIN3O. The van der Waals surface area contributed by atoms with E-state index < -0.39 is 0 Å². The van der Waals surface area contributed by atoms with Gasteiger partial charge >= 0.3 is 0 Å². The summed E-state index contributed by atoms with van der Waals surface area (Å²) in [6, 6.07) is 7.06. The van der Waals surface area contributed by atoms with Crippen LogP contribution < -0.4 is 10.6 Å². The molecule has 1 heterocycles. The Bertz CT molecular complexity index is 619. The van der Waals surface area contributed by atoms with Crippen molar-refractivity contribution >= 4 is 51.5 Å². The van der Waals surface area contributed by atoms with Crippen LogP contribution in [-0.2, 0) is 0 Å². The van der Waals surface area contributed by atoms with Gasteiger partial charge in [0.1, 0.15) is 0 Å². The SMILES string of the molecule is CNc1ccncc1C(=O)Nc1ccc(Cl)cc1I. The van der Waals surface area contributed by atoms with Crippen LogP contribution in [0.3, 0.4) is 0 Å². The minimum atomic E-state index is -0.210. The smallest absolute Gasteiger partial charge is 0.259 e. The van der Waals surface area contributed by atoms with Crippen molar-refractivity contribution in [3.63, 3.8) is 0 Å². The highest BCUT2D eigenvalue weighted by molar-refractivity contribution is 14.1. The molecule has 2 rings (SSSR count). The van der Waals surface area contributed by atoms with Gasteiger partial charge in [0.05, 0.1) is 11.3 Å². The molecule has 2 aromatic rings. The zero-order chi connectivity index (χ0) is 13.8. The predicted octanol–water partition coefficient (Wildman–Crippen LogP) is 3.63. The molecule has 1 amide bonds. The molecule has 1 aromatic heterocycles. The second-order valence-corrected chi connectivity index (χ2v) is 5.35. The van der Waals surface area contributed by atoms with Crippen molar-refractivity contribution < 1.29 is 4.79 Å². The Hall–Kier alpha value is -1.34. The van der Waals surface area contributed by atoms with Gasteiger partial charge in [0, 0.05) is 33.7 Å². The van der Waals surface area contributed by atoms with E-state index in [0.717, 1.165) is 14.9 Å². The first-order chi connectivity index (χ1) is 9.11. The van der Waals surface area contributed by atoms with E-state index in [9.17, 15) is 4.79 Å². The van der Waals surface area contributed by atoms with Crippen molar-refractivity contribution in [1.82, 2.24) is 4.98 Å². The summed E-state index contributed by atoms with van der Waals surface area (Å²) in [6.07, 6.45) is 3.17. The average molecular weight is 388 g/mol. The number of aromatic nitrogens is 1. The summed E-state index contributed by atoms with van der Waals surface area (Å²) in [5.74, 6) is -0.210. The van der Waals surface area contributed by atoms with Crippen molar-refractivity contribution in [2.24, 2.45) is 0 Å². The highest BCUT2D eigenvalue weighted by atomic mass is 127. The first kappa shape index (κ1) is 14.1. The molecule has 0 unspecified atom stereocenters. The van der Waals surface area contributed by atoms with E-state index >= 15 is 0 Å². The van der Waals surface area contributed by atoms with Crippen LogP contribution in [0.25, 0.3) is 0 Å². The van der Waals surface area contributed by atoms with Crippen LogP contribution in [0.5, 0.6) is 0 Å². The van der Waals surface area contributed by atoms with E-state index in [4.69, 9.17) is 11.6 Å². The standard InChI is InChI=1S/C13H11ClIN3O/c1-16-11-4-5-17-7-9(11)13(19)18-12-3-2-8(14)6-10(12)15/h2-7H,1H3,(H,16,17)(H,18,19). The maximum atomic E-state index is 12.2. The molecule has 0 atom stereocenters. The number of amides is 1. The maximum Gasteiger partial charge on any atom is 0.259 e. The number of halogens is 2. The van der Waals surface area contributed by atoms with E-state index in [1.807, 2.05) is 0 Å². The van der Waals surface area contributed by atoms with Gasteiger partial charge in [-0.1, -0.05) is 11.6 Å². The summed E-state index contributed by atoms with van der Waals surface area (Å²) >= 11 is 8.01. The van der Waals surface area contributed by atoms with Crippen LogP contribution in [-0.4, -0.2) is 17.9 Å². The third kappa shape index (κ3) is 3.36.